The number of amides is 1. The molecule has 0 spiro atoms. The minimum absolute atomic E-state index is 0.0115. The fourth-order valence-corrected chi connectivity index (χ4v) is 4.02. The molecule has 0 radical (unpaired) electrons. The monoisotopic (exact) mass is 380 g/mol. The molecule has 0 N–H and O–H groups in total. The predicted molar refractivity (Wildman–Crippen MR) is 104 cm³/mol. The molecule has 0 aliphatic heterocycles. The molecule has 0 bridgehead atoms. The van der Waals surface area contributed by atoms with Crippen LogP contribution in [-0.4, -0.2) is 25.6 Å². The van der Waals surface area contributed by atoms with Crippen molar-refractivity contribution < 1.29 is 4.79 Å². The van der Waals surface area contributed by atoms with Crippen molar-refractivity contribution in [3.8, 4) is 0 Å². The average Bonchev–Trinajstić information content (AvgIpc) is 3.03. The second-order valence-corrected chi connectivity index (χ2v) is 7.26. The number of hydrogen-bond donors (Lipinski definition) is 0. The summed E-state index contributed by atoms with van der Waals surface area (Å²) in [7, 11) is 1.83. The van der Waals surface area contributed by atoms with Gasteiger partial charge in [-0.25, -0.2) is 0 Å². The molecule has 0 saturated heterocycles. The van der Waals surface area contributed by atoms with Crippen molar-refractivity contribution in [2.45, 2.75) is 31.8 Å². The van der Waals surface area contributed by atoms with Gasteiger partial charge in [-0.2, -0.15) is 5.10 Å². The third-order valence-corrected chi connectivity index (χ3v) is 5.35. The van der Waals surface area contributed by atoms with Gasteiger partial charge in [0, 0.05) is 19.4 Å². The summed E-state index contributed by atoms with van der Waals surface area (Å²) in [6.07, 6.45) is 6.41. The van der Waals surface area contributed by atoms with Crippen molar-refractivity contribution in [2.24, 2.45) is 7.05 Å². The van der Waals surface area contributed by atoms with E-state index in [4.69, 9.17) is 11.6 Å². The van der Waals surface area contributed by atoms with Gasteiger partial charge in [0.25, 0.3) is 5.91 Å². The fraction of sp³-hybridized carbons (Fsp3) is 0.286. The molecule has 3 aromatic rings. The summed E-state index contributed by atoms with van der Waals surface area (Å²) in [4.78, 5) is 19.5. The van der Waals surface area contributed by atoms with Crippen LogP contribution in [0.2, 0.25) is 5.02 Å². The molecule has 1 atom stereocenters. The highest BCUT2D eigenvalue weighted by Gasteiger charge is 2.31. The molecule has 2 aromatic heterocycles. The third kappa shape index (κ3) is 3.60. The van der Waals surface area contributed by atoms with Gasteiger partial charge in [0.15, 0.2) is 0 Å². The molecule has 6 heteroatoms. The summed E-state index contributed by atoms with van der Waals surface area (Å²) in [5.41, 5.74) is 3.65. The zero-order chi connectivity index (χ0) is 18.8. The summed E-state index contributed by atoms with van der Waals surface area (Å²) in [5.74, 6) is -0.0981. The highest BCUT2D eigenvalue weighted by Crippen LogP contribution is 2.36. The van der Waals surface area contributed by atoms with Crippen LogP contribution in [0, 0.1) is 0 Å². The SMILES string of the molecule is Cn1cc(Cl)c(CN(C(=O)c2ccccn2)[C@H]2CCCc3ccccc32)n1. The van der Waals surface area contributed by atoms with Gasteiger partial charge < -0.3 is 4.90 Å². The van der Waals surface area contributed by atoms with Crippen molar-refractivity contribution in [3.05, 3.63) is 82.4 Å². The number of hydrogen-bond acceptors (Lipinski definition) is 3. The van der Waals surface area contributed by atoms with E-state index in [1.807, 2.05) is 30.1 Å². The standard InChI is InChI=1S/C21H21ClN4O/c1-25-13-17(22)19(24-25)14-26(21(27)18-10-4-5-12-23-18)20-11-6-8-15-7-2-3-9-16(15)20/h2-5,7,9-10,12-13,20H,6,8,11,14H2,1H3/t20-/m0/s1. The molecule has 1 aliphatic rings. The quantitative estimate of drug-likeness (QED) is 0.682. The molecule has 2 heterocycles. The number of aromatic nitrogens is 3. The van der Waals surface area contributed by atoms with Gasteiger partial charge in [0.2, 0.25) is 0 Å². The summed E-state index contributed by atoms with van der Waals surface area (Å²) < 4.78 is 1.68. The number of aryl methyl sites for hydroxylation is 2. The Balaban J connectivity index is 1.74. The van der Waals surface area contributed by atoms with E-state index >= 15 is 0 Å². The normalized spacial score (nSPS) is 16.0. The van der Waals surface area contributed by atoms with E-state index < -0.39 is 0 Å². The summed E-state index contributed by atoms with van der Waals surface area (Å²) in [6.45, 7) is 0.355. The zero-order valence-corrected chi connectivity index (χ0v) is 15.9. The van der Waals surface area contributed by atoms with Gasteiger partial charge in [0.1, 0.15) is 11.4 Å². The Morgan fingerprint density at radius 1 is 1.26 bits per heavy atom. The van der Waals surface area contributed by atoms with Crippen LogP contribution in [0.15, 0.2) is 54.9 Å². The van der Waals surface area contributed by atoms with Crippen LogP contribution in [-0.2, 0) is 20.0 Å². The van der Waals surface area contributed by atoms with Crippen LogP contribution in [0.4, 0.5) is 0 Å². The van der Waals surface area contributed by atoms with E-state index in [1.165, 1.54) is 11.1 Å². The Morgan fingerprint density at radius 3 is 2.81 bits per heavy atom. The van der Waals surface area contributed by atoms with Crippen molar-refractivity contribution in [1.82, 2.24) is 19.7 Å². The second-order valence-electron chi connectivity index (χ2n) is 6.85. The molecule has 1 amide bonds. The third-order valence-electron chi connectivity index (χ3n) is 5.03. The molecular weight excluding hydrogens is 360 g/mol. The van der Waals surface area contributed by atoms with Gasteiger partial charge in [-0.05, 0) is 42.5 Å². The maximum absolute atomic E-state index is 13.4. The smallest absolute Gasteiger partial charge is 0.273 e. The minimum atomic E-state index is -0.0981. The zero-order valence-electron chi connectivity index (χ0n) is 15.2. The Bertz CT molecular complexity index is 954. The molecule has 5 nitrogen and oxygen atoms in total. The van der Waals surface area contributed by atoms with Gasteiger partial charge in [0.05, 0.1) is 17.6 Å². The first kappa shape index (κ1) is 17.7. The number of fused-ring (bicyclic) bond motifs is 1. The average molecular weight is 381 g/mol. The number of halogens is 1. The van der Waals surface area contributed by atoms with E-state index in [1.54, 1.807) is 23.1 Å². The van der Waals surface area contributed by atoms with Gasteiger partial charge in [-0.1, -0.05) is 41.9 Å². The predicted octanol–water partition coefficient (Wildman–Crippen LogP) is 4.19. The Hall–Kier alpha value is -2.66. The number of carbonyl (C=O) groups is 1. The molecule has 4 rings (SSSR count). The van der Waals surface area contributed by atoms with Crippen molar-refractivity contribution in [1.29, 1.82) is 0 Å². The number of carbonyl (C=O) groups excluding carboxylic acids is 1. The molecule has 1 aliphatic carbocycles. The minimum Gasteiger partial charge on any atom is -0.324 e. The van der Waals surface area contributed by atoms with Crippen molar-refractivity contribution >= 4 is 17.5 Å². The fourth-order valence-electron chi connectivity index (χ4n) is 3.79. The van der Waals surface area contributed by atoms with Crippen LogP contribution in [0.1, 0.15) is 46.2 Å². The molecular formula is C21H21ClN4O. The molecule has 0 saturated carbocycles. The Morgan fingerprint density at radius 2 is 2.07 bits per heavy atom. The van der Waals surface area contributed by atoms with Gasteiger partial charge >= 0.3 is 0 Å². The number of rotatable bonds is 4. The van der Waals surface area contributed by atoms with Crippen LogP contribution in [0.5, 0.6) is 0 Å². The lowest BCUT2D eigenvalue weighted by Gasteiger charge is -2.35. The van der Waals surface area contributed by atoms with Crippen molar-refractivity contribution in [3.63, 3.8) is 0 Å². The van der Waals surface area contributed by atoms with E-state index in [9.17, 15) is 4.79 Å². The van der Waals surface area contributed by atoms with E-state index in [-0.39, 0.29) is 11.9 Å². The first-order chi connectivity index (χ1) is 13.1. The largest absolute Gasteiger partial charge is 0.324 e. The van der Waals surface area contributed by atoms with Gasteiger partial charge in [-0.3, -0.25) is 14.5 Å². The van der Waals surface area contributed by atoms with Crippen LogP contribution in [0.25, 0.3) is 0 Å². The first-order valence-corrected chi connectivity index (χ1v) is 9.49. The van der Waals surface area contributed by atoms with Crippen LogP contribution >= 0.6 is 11.6 Å². The highest BCUT2D eigenvalue weighted by atomic mass is 35.5. The molecule has 138 valence electrons. The van der Waals surface area contributed by atoms with E-state index in [0.717, 1.165) is 19.3 Å². The van der Waals surface area contributed by atoms with Crippen molar-refractivity contribution in [2.75, 3.05) is 0 Å². The number of nitrogens with zero attached hydrogens (tertiary/aromatic N) is 4. The molecule has 27 heavy (non-hydrogen) atoms. The number of benzene rings is 1. The van der Waals surface area contributed by atoms with E-state index in [2.05, 4.69) is 28.3 Å². The van der Waals surface area contributed by atoms with Crippen LogP contribution in [0.3, 0.4) is 0 Å². The second kappa shape index (κ2) is 7.53. The molecule has 0 fully saturated rings. The van der Waals surface area contributed by atoms with Gasteiger partial charge in [-0.15, -0.1) is 0 Å². The maximum Gasteiger partial charge on any atom is 0.273 e. The topological polar surface area (TPSA) is 51.0 Å². The summed E-state index contributed by atoms with van der Waals surface area (Å²) in [5, 5.41) is 5.02. The lowest BCUT2D eigenvalue weighted by molar-refractivity contribution is 0.0628. The van der Waals surface area contributed by atoms with Crippen LogP contribution < -0.4 is 0 Å². The summed E-state index contributed by atoms with van der Waals surface area (Å²) >= 11 is 6.34. The Kier molecular flexibility index (Phi) is 4.94. The number of pyridine rings is 1. The highest BCUT2D eigenvalue weighted by molar-refractivity contribution is 6.31. The molecule has 1 aromatic carbocycles. The molecule has 0 unspecified atom stereocenters. The maximum atomic E-state index is 13.4. The van der Waals surface area contributed by atoms with E-state index in [0.29, 0.717) is 23.0 Å². The lowest BCUT2D eigenvalue weighted by Crippen LogP contribution is -2.37. The summed E-state index contributed by atoms with van der Waals surface area (Å²) in [6, 6.07) is 13.8. The Labute approximate surface area is 163 Å². The first-order valence-electron chi connectivity index (χ1n) is 9.11. The lowest BCUT2D eigenvalue weighted by atomic mass is 9.86.